The van der Waals surface area contributed by atoms with E-state index in [9.17, 15) is 0 Å². The third-order valence-corrected chi connectivity index (χ3v) is 3.95. The first kappa shape index (κ1) is 16.7. The third-order valence-electron chi connectivity index (χ3n) is 3.95. The van der Waals surface area contributed by atoms with Gasteiger partial charge in [0.1, 0.15) is 17.5 Å². The van der Waals surface area contributed by atoms with Gasteiger partial charge in [-0.05, 0) is 25.7 Å². The van der Waals surface area contributed by atoms with Crippen molar-refractivity contribution in [1.29, 1.82) is 0 Å². The van der Waals surface area contributed by atoms with Crippen LogP contribution in [0.25, 0.3) is 0 Å². The molecule has 0 bridgehead atoms. The van der Waals surface area contributed by atoms with Gasteiger partial charge in [-0.15, -0.1) is 0 Å². The molecule has 3 N–H and O–H groups in total. The summed E-state index contributed by atoms with van der Waals surface area (Å²) >= 11 is 0. The third kappa shape index (κ3) is 3.60. The van der Waals surface area contributed by atoms with Gasteiger partial charge in [0.15, 0.2) is 0 Å². The molecule has 0 spiro atoms. The highest BCUT2D eigenvalue weighted by Gasteiger charge is 2.26. The van der Waals surface area contributed by atoms with Crippen LogP contribution in [0.15, 0.2) is 0 Å². The van der Waals surface area contributed by atoms with E-state index in [-0.39, 0.29) is 5.41 Å². The van der Waals surface area contributed by atoms with Gasteiger partial charge in [0, 0.05) is 25.1 Å². The molecule has 20 heavy (non-hydrogen) atoms. The van der Waals surface area contributed by atoms with E-state index in [1.807, 2.05) is 6.92 Å². The fourth-order valence-electron chi connectivity index (χ4n) is 2.13. The van der Waals surface area contributed by atoms with Gasteiger partial charge in [-0.3, -0.25) is 0 Å². The highest BCUT2D eigenvalue weighted by molar-refractivity contribution is 5.58. The molecular weight excluding hydrogens is 250 g/mol. The Morgan fingerprint density at radius 1 is 1.30 bits per heavy atom. The molecule has 114 valence electrons. The Kier molecular flexibility index (Phi) is 5.34. The second kappa shape index (κ2) is 6.39. The average Bonchev–Trinajstić information content (AvgIpc) is 2.38. The standard InChI is InChI=1S/C15H29N5/c1-8-9-12-17-13(19-16)10(2)14(18-12)20(7)11(3)15(4,5)6/h11H,8-9,16H2,1-7H3,(H,17,18,19). The summed E-state index contributed by atoms with van der Waals surface area (Å²) in [6.45, 7) is 13.1. The van der Waals surface area contributed by atoms with Crippen LogP contribution < -0.4 is 16.2 Å². The monoisotopic (exact) mass is 279 g/mol. The van der Waals surface area contributed by atoms with Crippen molar-refractivity contribution in [1.82, 2.24) is 9.97 Å². The van der Waals surface area contributed by atoms with Crippen LogP contribution in [-0.4, -0.2) is 23.1 Å². The first-order chi connectivity index (χ1) is 9.22. The van der Waals surface area contributed by atoms with E-state index in [4.69, 9.17) is 10.8 Å². The van der Waals surface area contributed by atoms with E-state index < -0.39 is 0 Å². The maximum Gasteiger partial charge on any atom is 0.148 e. The van der Waals surface area contributed by atoms with Crippen LogP contribution in [0.4, 0.5) is 11.6 Å². The summed E-state index contributed by atoms with van der Waals surface area (Å²) in [4.78, 5) is 11.4. The average molecular weight is 279 g/mol. The largest absolute Gasteiger partial charge is 0.356 e. The Balaban J connectivity index is 3.25. The molecule has 0 aliphatic carbocycles. The minimum Gasteiger partial charge on any atom is -0.356 e. The lowest BCUT2D eigenvalue weighted by Crippen LogP contribution is -2.40. The zero-order valence-corrected chi connectivity index (χ0v) is 13.9. The van der Waals surface area contributed by atoms with E-state index in [2.05, 4.69) is 57.0 Å². The first-order valence-corrected chi connectivity index (χ1v) is 7.29. The van der Waals surface area contributed by atoms with Crippen LogP contribution in [0, 0.1) is 12.3 Å². The topological polar surface area (TPSA) is 67.1 Å². The van der Waals surface area contributed by atoms with E-state index in [0.717, 1.165) is 30.0 Å². The smallest absolute Gasteiger partial charge is 0.148 e. The molecule has 0 aliphatic heterocycles. The number of hydrogen-bond acceptors (Lipinski definition) is 5. The van der Waals surface area contributed by atoms with Gasteiger partial charge in [0.25, 0.3) is 0 Å². The van der Waals surface area contributed by atoms with Crippen molar-refractivity contribution in [2.24, 2.45) is 11.3 Å². The van der Waals surface area contributed by atoms with Gasteiger partial charge in [-0.1, -0.05) is 27.7 Å². The van der Waals surface area contributed by atoms with Crippen LogP contribution in [0.2, 0.25) is 0 Å². The number of anilines is 2. The summed E-state index contributed by atoms with van der Waals surface area (Å²) in [7, 11) is 2.08. The summed E-state index contributed by atoms with van der Waals surface area (Å²) in [5.74, 6) is 8.10. The van der Waals surface area contributed by atoms with E-state index in [1.54, 1.807) is 0 Å². The summed E-state index contributed by atoms with van der Waals surface area (Å²) in [5.41, 5.74) is 3.85. The predicted molar refractivity (Wildman–Crippen MR) is 85.9 cm³/mol. The molecule has 1 aromatic rings. The van der Waals surface area contributed by atoms with Crippen molar-refractivity contribution in [3.8, 4) is 0 Å². The molecule has 1 heterocycles. The lowest BCUT2D eigenvalue weighted by molar-refractivity contribution is 0.328. The number of nitrogens with one attached hydrogen (secondary N) is 1. The van der Waals surface area contributed by atoms with Gasteiger partial charge < -0.3 is 10.3 Å². The molecule has 1 unspecified atom stereocenters. The van der Waals surface area contributed by atoms with Crippen molar-refractivity contribution >= 4 is 11.6 Å². The summed E-state index contributed by atoms with van der Waals surface area (Å²) in [5, 5.41) is 0. The lowest BCUT2D eigenvalue weighted by Gasteiger charge is -2.37. The van der Waals surface area contributed by atoms with Crippen molar-refractivity contribution in [3.63, 3.8) is 0 Å². The molecule has 0 saturated carbocycles. The number of nitrogens with two attached hydrogens (primary N) is 1. The molecule has 1 atom stereocenters. The molecule has 0 aromatic carbocycles. The van der Waals surface area contributed by atoms with Crippen molar-refractivity contribution < 1.29 is 0 Å². The van der Waals surface area contributed by atoms with Crippen molar-refractivity contribution in [2.45, 2.75) is 60.4 Å². The maximum atomic E-state index is 5.59. The minimum atomic E-state index is 0.174. The van der Waals surface area contributed by atoms with Crippen molar-refractivity contribution in [3.05, 3.63) is 11.4 Å². The number of hydrazine groups is 1. The van der Waals surface area contributed by atoms with Crippen LogP contribution in [0.3, 0.4) is 0 Å². The second-order valence-corrected chi connectivity index (χ2v) is 6.48. The lowest BCUT2D eigenvalue weighted by atomic mass is 9.87. The van der Waals surface area contributed by atoms with Gasteiger partial charge in [0.2, 0.25) is 0 Å². The first-order valence-electron chi connectivity index (χ1n) is 7.29. The minimum absolute atomic E-state index is 0.174. The molecule has 1 aromatic heterocycles. The Bertz CT molecular complexity index is 450. The fraction of sp³-hybridized carbons (Fsp3) is 0.733. The number of nitrogen functional groups attached to an aromatic ring is 1. The normalized spacial score (nSPS) is 13.2. The summed E-state index contributed by atoms with van der Waals surface area (Å²) in [6, 6.07) is 0.358. The Labute approximate surface area is 123 Å². The quantitative estimate of drug-likeness (QED) is 0.641. The molecule has 5 heteroatoms. The molecule has 0 saturated heterocycles. The zero-order valence-electron chi connectivity index (χ0n) is 13.9. The molecule has 0 fully saturated rings. The number of aryl methyl sites for hydroxylation is 1. The predicted octanol–water partition coefficient (Wildman–Crippen LogP) is 2.89. The summed E-state index contributed by atoms with van der Waals surface area (Å²) < 4.78 is 0. The van der Waals surface area contributed by atoms with Gasteiger partial charge in [-0.25, -0.2) is 15.8 Å². The Morgan fingerprint density at radius 2 is 1.90 bits per heavy atom. The maximum absolute atomic E-state index is 5.59. The van der Waals surface area contributed by atoms with Gasteiger partial charge in [-0.2, -0.15) is 0 Å². The summed E-state index contributed by atoms with van der Waals surface area (Å²) in [6.07, 6.45) is 1.88. The number of hydrogen-bond donors (Lipinski definition) is 2. The molecule has 0 amide bonds. The molecular formula is C15H29N5. The van der Waals surface area contributed by atoms with Crippen LogP contribution in [-0.2, 0) is 6.42 Å². The van der Waals surface area contributed by atoms with Crippen molar-refractivity contribution in [2.75, 3.05) is 17.4 Å². The zero-order chi connectivity index (χ0) is 15.5. The van der Waals surface area contributed by atoms with Crippen LogP contribution in [0.1, 0.15) is 52.4 Å². The van der Waals surface area contributed by atoms with Crippen LogP contribution in [0.5, 0.6) is 0 Å². The number of rotatable bonds is 5. The number of nitrogens with zero attached hydrogens (tertiary/aromatic N) is 3. The molecule has 1 rings (SSSR count). The highest BCUT2D eigenvalue weighted by Crippen LogP contribution is 2.30. The highest BCUT2D eigenvalue weighted by atomic mass is 15.3. The van der Waals surface area contributed by atoms with E-state index in [1.165, 1.54) is 0 Å². The Hall–Kier alpha value is -1.36. The molecule has 0 aliphatic rings. The SMILES string of the molecule is CCCc1nc(NN)c(C)c(N(C)C(C)C(C)(C)C)n1. The van der Waals surface area contributed by atoms with Crippen LogP contribution >= 0.6 is 0 Å². The van der Waals surface area contributed by atoms with E-state index >= 15 is 0 Å². The second-order valence-electron chi connectivity index (χ2n) is 6.48. The molecule has 5 nitrogen and oxygen atoms in total. The Morgan fingerprint density at radius 3 is 2.35 bits per heavy atom. The fourth-order valence-corrected chi connectivity index (χ4v) is 2.13. The molecule has 0 radical (unpaired) electrons. The van der Waals surface area contributed by atoms with Gasteiger partial charge >= 0.3 is 0 Å². The van der Waals surface area contributed by atoms with E-state index in [0.29, 0.717) is 11.9 Å². The van der Waals surface area contributed by atoms with Gasteiger partial charge in [0.05, 0.1) is 0 Å². The number of aromatic nitrogens is 2.